The van der Waals surface area contributed by atoms with Crippen molar-refractivity contribution >= 4 is 15.9 Å². The number of carbonyl (C=O) groups is 1. The van der Waals surface area contributed by atoms with Crippen LogP contribution in [0.2, 0.25) is 0 Å². The van der Waals surface area contributed by atoms with Gasteiger partial charge in [0.05, 0.1) is 25.5 Å². The van der Waals surface area contributed by atoms with Gasteiger partial charge in [0, 0.05) is 50.1 Å². The zero-order chi connectivity index (χ0) is 28.3. The summed E-state index contributed by atoms with van der Waals surface area (Å²) in [6, 6.07) is 6.86. The molecule has 1 N–H and O–H groups in total. The smallest absolute Gasteiger partial charge is 0.261 e. The Morgan fingerprint density at radius 3 is 2.67 bits per heavy atom. The van der Waals surface area contributed by atoms with E-state index in [1.807, 2.05) is 6.92 Å². The van der Waals surface area contributed by atoms with E-state index in [9.17, 15) is 22.7 Å². The standard InChI is InChI=1S/C27H30FN5O5S/c1-18-13-33(19(2)16-34)27(35)23-11-21(9-8-20-6-5-7-22(28)10-20)12-29-26(23)38-24(18)14-32(4)39(36,37)25-15-31(3)17-30-25/h5-7,10-12,15,17-19,24,34H,13-14,16H2,1-4H3/t18-,19+,24-/m0/s1. The monoisotopic (exact) mass is 555 g/mol. The first-order chi connectivity index (χ1) is 18.5. The maximum atomic E-state index is 13.6. The molecule has 0 saturated carbocycles. The maximum absolute atomic E-state index is 13.6. The normalized spacial score (nSPS) is 18.4. The Balaban J connectivity index is 1.68. The number of rotatable bonds is 6. The van der Waals surface area contributed by atoms with E-state index >= 15 is 0 Å². The molecule has 0 aliphatic carbocycles. The minimum Gasteiger partial charge on any atom is -0.472 e. The summed E-state index contributed by atoms with van der Waals surface area (Å²) in [5, 5.41) is 9.76. The van der Waals surface area contributed by atoms with Crippen molar-refractivity contribution in [3.63, 3.8) is 0 Å². The van der Waals surface area contributed by atoms with Gasteiger partial charge in [0.15, 0.2) is 5.03 Å². The summed E-state index contributed by atoms with van der Waals surface area (Å²) in [7, 11) is -0.771. The third-order valence-corrected chi connectivity index (χ3v) is 8.20. The molecule has 4 rings (SSSR count). The molecule has 1 aliphatic heterocycles. The molecule has 12 heteroatoms. The Morgan fingerprint density at radius 1 is 1.26 bits per heavy atom. The summed E-state index contributed by atoms with van der Waals surface area (Å²) in [6.07, 6.45) is 3.59. The second-order valence-corrected chi connectivity index (χ2v) is 11.6. The van der Waals surface area contributed by atoms with Crippen LogP contribution in [0.3, 0.4) is 0 Å². The molecule has 1 aromatic carbocycles. The number of ether oxygens (including phenoxy) is 1. The van der Waals surface area contributed by atoms with Gasteiger partial charge in [-0.1, -0.05) is 24.8 Å². The molecule has 0 spiro atoms. The van der Waals surface area contributed by atoms with Crippen molar-refractivity contribution in [3.05, 3.63) is 71.6 Å². The van der Waals surface area contributed by atoms with Gasteiger partial charge in [-0.25, -0.2) is 22.8 Å². The molecule has 2 aromatic heterocycles. The molecule has 3 aromatic rings. The van der Waals surface area contributed by atoms with Gasteiger partial charge in [0.1, 0.15) is 17.5 Å². The van der Waals surface area contributed by atoms with Crippen LogP contribution in [-0.2, 0) is 17.1 Å². The van der Waals surface area contributed by atoms with Crippen LogP contribution in [0.25, 0.3) is 0 Å². The number of likely N-dealkylation sites (N-methyl/N-ethyl adjacent to an activating group) is 1. The molecular formula is C27H30FN5O5S. The maximum Gasteiger partial charge on any atom is 0.261 e. The number of hydrogen-bond donors (Lipinski definition) is 1. The highest BCUT2D eigenvalue weighted by Crippen LogP contribution is 2.28. The molecule has 0 saturated heterocycles. The van der Waals surface area contributed by atoms with Gasteiger partial charge in [-0.05, 0) is 31.2 Å². The fraction of sp³-hybridized carbons (Fsp3) is 0.370. The summed E-state index contributed by atoms with van der Waals surface area (Å²) in [4.78, 5) is 23.4. The molecular weight excluding hydrogens is 525 g/mol. The predicted octanol–water partition coefficient (Wildman–Crippen LogP) is 1.89. The van der Waals surface area contributed by atoms with E-state index in [-0.39, 0.29) is 42.1 Å². The number of sulfonamides is 1. The molecule has 3 heterocycles. The first kappa shape index (κ1) is 28.2. The fourth-order valence-electron chi connectivity index (χ4n) is 4.13. The lowest BCUT2D eigenvalue weighted by molar-refractivity contribution is 0.0373. The minimum atomic E-state index is -3.89. The van der Waals surface area contributed by atoms with Gasteiger partial charge in [0.2, 0.25) is 5.88 Å². The van der Waals surface area contributed by atoms with E-state index in [2.05, 4.69) is 21.8 Å². The molecule has 10 nitrogen and oxygen atoms in total. The van der Waals surface area contributed by atoms with E-state index in [0.29, 0.717) is 11.1 Å². The largest absolute Gasteiger partial charge is 0.472 e. The topological polar surface area (TPSA) is 118 Å². The lowest BCUT2D eigenvalue weighted by Gasteiger charge is -2.37. The highest BCUT2D eigenvalue weighted by molar-refractivity contribution is 7.89. The molecule has 0 radical (unpaired) electrons. The molecule has 3 atom stereocenters. The number of imidazole rings is 1. The highest BCUT2D eigenvalue weighted by atomic mass is 32.2. The van der Waals surface area contributed by atoms with Crippen LogP contribution in [0.1, 0.15) is 35.3 Å². The summed E-state index contributed by atoms with van der Waals surface area (Å²) < 4.78 is 48.6. The number of aryl methyl sites for hydroxylation is 1. The number of amides is 1. The van der Waals surface area contributed by atoms with Gasteiger partial charge in [-0.2, -0.15) is 4.31 Å². The second kappa shape index (κ2) is 11.5. The van der Waals surface area contributed by atoms with E-state index < -0.39 is 33.9 Å². The molecule has 0 bridgehead atoms. The zero-order valence-corrected chi connectivity index (χ0v) is 22.9. The summed E-state index contributed by atoms with van der Waals surface area (Å²) >= 11 is 0. The van der Waals surface area contributed by atoms with Crippen LogP contribution in [0.15, 0.2) is 54.1 Å². The van der Waals surface area contributed by atoms with Gasteiger partial charge in [0.25, 0.3) is 15.9 Å². The number of aromatic nitrogens is 3. The number of fused-ring (bicyclic) bond motifs is 1. The Labute approximate surface area is 227 Å². The predicted molar refractivity (Wildman–Crippen MR) is 141 cm³/mol. The molecule has 39 heavy (non-hydrogen) atoms. The third kappa shape index (κ3) is 6.27. The molecule has 206 valence electrons. The van der Waals surface area contributed by atoms with E-state index in [4.69, 9.17) is 4.74 Å². The van der Waals surface area contributed by atoms with Crippen molar-refractivity contribution in [2.45, 2.75) is 31.0 Å². The van der Waals surface area contributed by atoms with Gasteiger partial charge < -0.3 is 19.3 Å². The van der Waals surface area contributed by atoms with Crippen LogP contribution in [0.4, 0.5) is 4.39 Å². The molecule has 0 unspecified atom stereocenters. The Morgan fingerprint density at radius 2 is 2.00 bits per heavy atom. The lowest BCUT2D eigenvalue weighted by Crippen LogP contribution is -2.50. The Hall–Kier alpha value is -3.79. The average Bonchev–Trinajstić information content (AvgIpc) is 3.36. The van der Waals surface area contributed by atoms with Gasteiger partial charge in [-0.3, -0.25) is 4.79 Å². The van der Waals surface area contributed by atoms with Crippen LogP contribution in [0, 0.1) is 23.6 Å². The van der Waals surface area contributed by atoms with Gasteiger partial charge >= 0.3 is 0 Å². The zero-order valence-electron chi connectivity index (χ0n) is 22.1. The van der Waals surface area contributed by atoms with E-state index in [1.165, 1.54) is 48.9 Å². The molecule has 1 amide bonds. The molecule has 1 aliphatic rings. The second-order valence-electron chi connectivity index (χ2n) is 9.62. The lowest BCUT2D eigenvalue weighted by atomic mass is 10.0. The number of carbonyl (C=O) groups excluding carboxylic acids is 1. The number of benzene rings is 1. The number of pyridine rings is 1. The number of halogens is 1. The quantitative estimate of drug-likeness (QED) is 0.462. The number of nitrogens with zero attached hydrogens (tertiary/aromatic N) is 5. The van der Waals surface area contributed by atoms with Crippen LogP contribution in [0.5, 0.6) is 5.88 Å². The van der Waals surface area contributed by atoms with Crippen LogP contribution < -0.4 is 4.74 Å². The van der Waals surface area contributed by atoms with Crippen molar-refractivity contribution in [1.82, 2.24) is 23.7 Å². The summed E-state index contributed by atoms with van der Waals surface area (Å²) in [5.74, 6) is 4.66. The van der Waals surface area contributed by atoms with Crippen molar-refractivity contribution in [3.8, 4) is 17.7 Å². The number of aliphatic hydroxyl groups is 1. The molecule has 0 fully saturated rings. The van der Waals surface area contributed by atoms with E-state index in [1.54, 1.807) is 30.7 Å². The summed E-state index contributed by atoms with van der Waals surface area (Å²) in [6.45, 7) is 3.49. The number of hydrogen-bond acceptors (Lipinski definition) is 7. The highest BCUT2D eigenvalue weighted by Gasteiger charge is 2.36. The van der Waals surface area contributed by atoms with Crippen molar-refractivity contribution in [1.29, 1.82) is 0 Å². The number of aliphatic hydroxyl groups excluding tert-OH is 1. The Kier molecular flexibility index (Phi) is 8.34. The van der Waals surface area contributed by atoms with Crippen molar-refractivity contribution in [2.75, 3.05) is 26.7 Å². The van der Waals surface area contributed by atoms with Crippen molar-refractivity contribution in [2.24, 2.45) is 13.0 Å². The van der Waals surface area contributed by atoms with Gasteiger partial charge in [-0.15, -0.1) is 0 Å². The third-order valence-electron chi connectivity index (χ3n) is 6.49. The SMILES string of the molecule is C[C@H](CO)N1C[C@H](C)[C@H](CN(C)S(=O)(=O)c2cn(C)cn2)Oc2ncc(C#Cc3cccc(F)c3)cc2C1=O. The van der Waals surface area contributed by atoms with Crippen LogP contribution in [-0.4, -0.2) is 82.1 Å². The minimum absolute atomic E-state index is 0.0299. The van der Waals surface area contributed by atoms with E-state index in [0.717, 1.165) is 4.31 Å². The first-order valence-electron chi connectivity index (χ1n) is 12.3. The Bertz CT molecular complexity index is 1530. The van der Waals surface area contributed by atoms with Crippen LogP contribution >= 0.6 is 0 Å². The average molecular weight is 556 g/mol. The first-order valence-corrected chi connectivity index (χ1v) is 13.7. The van der Waals surface area contributed by atoms with Crippen molar-refractivity contribution < 1.29 is 27.4 Å². The fourth-order valence-corrected chi connectivity index (χ4v) is 5.27. The summed E-state index contributed by atoms with van der Waals surface area (Å²) in [5.41, 5.74) is 1.01.